The lowest BCUT2D eigenvalue weighted by Crippen LogP contribution is -2.20. The number of phenolic OH excluding ortho intramolecular Hbond substituents is 1. The van der Waals surface area contributed by atoms with Crippen LogP contribution in [0.2, 0.25) is 0 Å². The van der Waals surface area contributed by atoms with E-state index in [0.29, 0.717) is 0 Å². The van der Waals surface area contributed by atoms with Gasteiger partial charge in [0.25, 0.3) is 0 Å². The van der Waals surface area contributed by atoms with E-state index in [2.05, 4.69) is 0 Å². The third-order valence-corrected chi connectivity index (χ3v) is 3.60. The summed E-state index contributed by atoms with van der Waals surface area (Å²) in [5, 5.41) is 9.57. The van der Waals surface area contributed by atoms with E-state index in [1.165, 1.54) is 12.5 Å². The van der Waals surface area contributed by atoms with Gasteiger partial charge < -0.3 is 5.11 Å². The maximum Gasteiger partial charge on any atom is 0.173 e. The average molecular weight is 246 g/mol. The normalized spacial score (nSPS) is 16.4. The van der Waals surface area contributed by atoms with Crippen LogP contribution in [0.25, 0.3) is 0 Å². The fourth-order valence-electron chi connectivity index (χ4n) is 2.53. The summed E-state index contributed by atoms with van der Waals surface area (Å²) in [6.07, 6.45) is 5.10. The molecule has 3 heteroatoms. The van der Waals surface area contributed by atoms with E-state index in [-0.39, 0.29) is 35.2 Å². The van der Waals surface area contributed by atoms with E-state index in [1.807, 2.05) is 0 Å². The van der Waals surface area contributed by atoms with E-state index < -0.39 is 0 Å². The molecule has 0 amide bonds. The molecule has 0 unspecified atom stereocenters. The van der Waals surface area contributed by atoms with Gasteiger partial charge >= 0.3 is 0 Å². The largest absolute Gasteiger partial charge is 0.507 e. The number of hydrogen-bond donors (Lipinski definition) is 1. The molecule has 96 valence electrons. The van der Waals surface area contributed by atoms with Crippen molar-refractivity contribution in [3.63, 3.8) is 0 Å². The third kappa shape index (κ3) is 2.97. The first-order chi connectivity index (χ1) is 8.68. The van der Waals surface area contributed by atoms with Gasteiger partial charge in [-0.05, 0) is 25.0 Å². The number of carbonyl (C=O) groups excluding carboxylic acids is 2. The zero-order chi connectivity index (χ0) is 13.0. The van der Waals surface area contributed by atoms with Gasteiger partial charge in [0.2, 0.25) is 0 Å². The zero-order valence-electron chi connectivity index (χ0n) is 10.4. The summed E-state index contributed by atoms with van der Waals surface area (Å²) < 4.78 is 0. The van der Waals surface area contributed by atoms with Gasteiger partial charge in [0.15, 0.2) is 5.78 Å². The topological polar surface area (TPSA) is 54.4 Å². The molecule has 0 atom stereocenters. The Morgan fingerprint density at radius 2 is 1.78 bits per heavy atom. The molecule has 0 aromatic heterocycles. The van der Waals surface area contributed by atoms with Gasteiger partial charge in [0.05, 0.1) is 12.0 Å². The van der Waals surface area contributed by atoms with E-state index in [4.69, 9.17) is 0 Å². The molecule has 1 saturated carbocycles. The SMILES string of the molecule is O=C(CC(=O)C1CCCCC1)c1ccccc1O. The Morgan fingerprint density at radius 3 is 2.44 bits per heavy atom. The minimum atomic E-state index is -0.274. The minimum Gasteiger partial charge on any atom is -0.507 e. The monoisotopic (exact) mass is 246 g/mol. The predicted molar refractivity (Wildman–Crippen MR) is 68.6 cm³/mol. The van der Waals surface area contributed by atoms with E-state index in [0.717, 1.165) is 25.7 Å². The molecule has 1 aromatic carbocycles. The van der Waals surface area contributed by atoms with Crippen LogP contribution in [0.3, 0.4) is 0 Å². The summed E-state index contributed by atoms with van der Waals surface area (Å²) in [6, 6.07) is 6.39. The molecule has 1 N–H and O–H groups in total. The fraction of sp³-hybridized carbons (Fsp3) is 0.467. The molecule has 1 fully saturated rings. The molecule has 2 rings (SSSR count). The molecule has 0 heterocycles. The number of hydrogen-bond acceptors (Lipinski definition) is 3. The van der Waals surface area contributed by atoms with Gasteiger partial charge in [0, 0.05) is 5.92 Å². The van der Waals surface area contributed by atoms with Crippen molar-refractivity contribution in [2.24, 2.45) is 5.92 Å². The van der Waals surface area contributed by atoms with Gasteiger partial charge in [-0.15, -0.1) is 0 Å². The molecular weight excluding hydrogens is 228 g/mol. The van der Waals surface area contributed by atoms with Gasteiger partial charge in [0.1, 0.15) is 11.5 Å². The fourth-order valence-corrected chi connectivity index (χ4v) is 2.53. The van der Waals surface area contributed by atoms with Crippen LogP contribution in [0, 0.1) is 5.92 Å². The maximum absolute atomic E-state index is 12.0. The van der Waals surface area contributed by atoms with Crippen molar-refractivity contribution < 1.29 is 14.7 Å². The highest BCUT2D eigenvalue weighted by atomic mass is 16.3. The molecule has 1 aliphatic carbocycles. The van der Waals surface area contributed by atoms with Crippen molar-refractivity contribution in [3.05, 3.63) is 29.8 Å². The van der Waals surface area contributed by atoms with E-state index >= 15 is 0 Å². The van der Waals surface area contributed by atoms with Crippen LogP contribution in [-0.2, 0) is 4.79 Å². The second-order valence-corrected chi connectivity index (χ2v) is 4.92. The van der Waals surface area contributed by atoms with Crippen LogP contribution in [0.1, 0.15) is 48.9 Å². The van der Waals surface area contributed by atoms with Gasteiger partial charge in [-0.2, -0.15) is 0 Å². The predicted octanol–water partition coefficient (Wildman–Crippen LogP) is 3.11. The first-order valence-corrected chi connectivity index (χ1v) is 6.52. The highest BCUT2D eigenvalue weighted by molar-refractivity contribution is 6.09. The van der Waals surface area contributed by atoms with Crippen LogP contribution in [0.5, 0.6) is 5.75 Å². The quantitative estimate of drug-likeness (QED) is 0.656. The molecular formula is C15H18O3. The highest BCUT2D eigenvalue weighted by Crippen LogP contribution is 2.26. The summed E-state index contributed by atoms with van der Waals surface area (Å²) in [5.74, 6) is -0.237. The Kier molecular flexibility index (Phi) is 4.13. The van der Waals surface area contributed by atoms with E-state index in [1.54, 1.807) is 18.2 Å². The van der Waals surface area contributed by atoms with Crippen molar-refractivity contribution in [1.29, 1.82) is 0 Å². The number of Topliss-reactive ketones (excluding diaryl/α,β-unsaturated/α-hetero) is 2. The van der Waals surface area contributed by atoms with Crippen LogP contribution in [0.15, 0.2) is 24.3 Å². The van der Waals surface area contributed by atoms with Crippen LogP contribution in [0.4, 0.5) is 0 Å². The summed E-state index contributed by atoms with van der Waals surface area (Å²) in [7, 11) is 0. The van der Waals surface area contributed by atoms with E-state index in [9.17, 15) is 14.7 Å². The molecule has 0 spiro atoms. The minimum absolute atomic E-state index is 0.0305. The lowest BCUT2D eigenvalue weighted by Gasteiger charge is -2.19. The number of aromatic hydroxyl groups is 1. The maximum atomic E-state index is 12.0. The Morgan fingerprint density at radius 1 is 1.11 bits per heavy atom. The van der Waals surface area contributed by atoms with Gasteiger partial charge in [-0.1, -0.05) is 31.4 Å². The number of ketones is 2. The van der Waals surface area contributed by atoms with Crippen molar-refractivity contribution in [2.75, 3.05) is 0 Å². The van der Waals surface area contributed by atoms with Gasteiger partial charge in [-0.3, -0.25) is 9.59 Å². The summed E-state index contributed by atoms with van der Waals surface area (Å²) >= 11 is 0. The van der Waals surface area contributed by atoms with Crippen molar-refractivity contribution in [3.8, 4) is 5.75 Å². The Bertz CT molecular complexity index is 445. The number of phenols is 1. The standard InChI is InChI=1S/C15H18O3/c16-13-9-5-4-8-12(13)15(18)10-14(17)11-6-2-1-3-7-11/h4-5,8-9,11,16H,1-3,6-7,10H2. The third-order valence-electron chi connectivity index (χ3n) is 3.60. The molecule has 18 heavy (non-hydrogen) atoms. The summed E-state index contributed by atoms with van der Waals surface area (Å²) in [5.41, 5.74) is 0.252. The number of benzene rings is 1. The van der Waals surface area contributed by atoms with Crippen molar-refractivity contribution in [1.82, 2.24) is 0 Å². The van der Waals surface area contributed by atoms with Crippen LogP contribution in [-0.4, -0.2) is 16.7 Å². The molecule has 0 radical (unpaired) electrons. The molecule has 1 aliphatic rings. The Balaban J connectivity index is 1.99. The smallest absolute Gasteiger partial charge is 0.173 e. The lowest BCUT2D eigenvalue weighted by atomic mass is 9.84. The highest BCUT2D eigenvalue weighted by Gasteiger charge is 2.24. The molecule has 3 nitrogen and oxygen atoms in total. The number of carbonyl (C=O) groups is 2. The van der Waals surface area contributed by atoms with Crippen LogP contribution < -0.4 is 0 Å². The van der Waals surface area contributed by atoms with Crippen LogP contribution >= 0.6 is 0 Å². The average Bonchev–Trinajstić information content (AvgIpc) is 2.40. The summed E-state index contributed by atoms with van der Waals surface area (Å²) in [4.78, 5) is 23.9. The Hall–Kier alpha value is -1.64. The molecule has 0 bridgehead atoms. The second-order valence-electron chi connectivity index (χ2n) is 4.92. The first-order valence-electron chi connectivity index (χ1n) is 6.52. The molecule has 0 saturated heterocycles. The number of rotatable bonds is 4. The second kappa shape index (κ2) is 5.80. The van der Waals surface area contributed by atoms with Gasteiger partial charge in [-0.25, -0.2) is 0 Å². The number of para-hydroxylation sites is 1. The zero-order valence-corrected chi connectivity index (χ0v) is 10.4. The lowest BCUT2D eigenvalue weighted by molar-refractivity contribution is -0.122. The molecule has 0 aliphatic heterocycles. The van der Waals surface area contributed by atoms with Crippen molar-refractivity contribution in [2.45, 2.75) is 38.5 Å². The molecule has 1 aromatic rings. The Labute approximate surface area is 107 Å². The first kappa shape index (κ1) is 12.8. The van der Waals surface area contributed by atoms with Crippen molar-refractivity contribution >= 4 is 11.6 Å². The summed E-state index contributed by atoms with van der Waals surface area (Å²) in [6.45, 7) is 0.